The zero-order valence-electron chi connectivity index (χ0n) is 14.7. The number of hydrogen-bond donors (Lipinski definition) is 2. The van der Waals surface area contributed by atoms with Gasteiger partial charge in [0.15, 0.2) is 0 Å². The van der Waals surface area contributed by atoms with Gasteiger partial charge in [0.1, 0.15) is 11.5 Å². The lowest BCUT2D eigenvalue weighted by Gasteiger charge is -2.32. The third-order valence-electron chi connectivity index (χ3n) is 5.51. The molecule has 3 heterocycles. The summed E-state index contributed by atoms with van der Waals surface area (Å²) in [5.41, 5.74) is 3.59. The Bertz CT molecular complexity index is 777. The highest BCUT2D eigenvalue weighted by Crippen LogP contribution is 2.32. The summed E-state index contributed by atoms with van der Waals surface area (Å²) < 4.78 is 5.89. The molecule has 0 bridgehead atoms. The summed E-state index contributed by atoms with van der Waals surface area (Å²) in [5, 5.41) is 16.4. The van der Waals surface area contributed by atoms with E-state index in [0.29, 0.717) is 6.54 Å². The normalized spacial score (nSPS) is 20.6. The van der Waals surface area contributed by atoms with Crippen molar-refractivity contribution < 1.29 is 14.3 Å². The molecule has 0 saturated carbocycles. The van der Waals surface area contributed by atoms with Gasteiger partial charge in [-0.15, -0.1) is 0 Å². The van der Waals surface area contributed by atoms with E-state index >= 15 is 0 Å². The minimum absolute atomic E-state index is 0.0390. The number of carbonyl (C=O) groups is 1. The van der Waals surface area contributed by atoms with Crippen LogP contribution in [0.2, 0.25) is 0 Å². The maximum atomic E-state index is 13.2. The average Bonchev–Trinajstić information content (AvgIpc) is 3.25. The summed E-state index contributed by atoms with van der Waals surface area (Å²) in [7, 11) is 0. The molecule has 1 saturated heterocycles. The van der Waals surface area contributed by atoms with Gasteiger partial charge >= 0.3 is 0 Å². The Morgan fingerprint density at radius 3 is 3.04 bits per heavy atom. The number of rotatable bonds is 3. The first-order chi connectivity index (χ1) is 12.2. The van der Waals surface area contributed by atoms with Crippen LogP contribution in [-0.2, 0) is 19.4 Å². The Morgan fingerprint density at radius 2 is 2.24 bits per heavy atom. The monoisotopic (exact) mass is 343 g/mol. The van der Waals surface area contributed by atoms with Crippen molar-refractivity contribution in [2.45, 2.75) is 58.0 Å². The van der Waals surface area contributed by atoms with Gasteiger partial charge in [-0.2, -0.15) is 5.10 Å². The summed E-state index contributed by atoms with van der Waals surface area (Å²) in [6, 6.07) is 1.91. The molecule has 6 nitrogen and oxygen atoms in total. The molecule has 1 aliphatic heterocycles. The van der Waals surface area contributed by atoms with E-state index in [2.05, 4.69) is 10.2 Å². The van der Waals surface area contributed by atoms with E-state index in [-0.39, 0.29) is 18.4 Å². The van der Waals surface area contributed by atoms with Crippen molar-refractivity contribution in [2.75, 3.05) is 13.1 Å². The van der Waals surface area contributed by atoms with Crippen LogP contribution in [0.4, 0.5) is 0 Å². The highest BCUT2D eigenvalue weighted by Gasteiger charge is 2.32. The van der Waals surface area contributed by atoms with Gasteiger partial charge in [0.05, 0.1) is 23.6 Å². The van der Waals surface area contributed by atoms with Crippen LogP contribution in [-0.4, -0.2) is 39.2 Å². The lowest BCUT2D eigenvalue weighted by atomic mass is 9.92. The lowest BCUT2D eigenvalue weighted by molar-refractivity contribution is 0.0703. The van der Waals surface area contributed by atoms with Crippen molar-refractivity contribution in [1.29, 1.82) is 0 Å². The van der Waals surface area contributed by atoms with Gasteiger partial charge in [0, 0.05) is 31.0 Å². The van der Waals surface area contributed by atoms with Gasteiger partial charge in [0.25, 0.3) is 5.91 Å². The minimum atomic E-state index is -0.0390. The second-order valence-corrected chi connectivity index (χ2v) is 7.21. The van der Waals surface area contributed by atoms with Gasteiger partial charge in [-0.3, -0.25) is 9.89 Å². The Hall–Kier alpha value is -2.08. The highest BCUT2D eigenvalue weighted by atomic mass is 16.3. The number of aryl methyl sites for hydroxylation is 2. The molecule has 1 aliphatic carbocycles. The number of amides is 1. The standard InChI is InChI=1S/C19H25N3O3/c1-12-18(15-6-2-3-7-17(15)25-12)19(24)22-8-4-5-13(10-22)16-9-14(11-23)20-21-16/h9,13,23H,2-8,10-11H2,1H3,(H,20,21)/t13-/m0/s1. The fourth-order valence-electron chi connectivity index (χ4n) is 4.21. The largest absolute Gasteiger partial charge is 0.465 e. The first kappa shape index (κ1) is 16.4. The minimum Gasteiger partial charge on any atom is -0.465 e. The van der Waals surface area contributed by atoms with Crippen molar-refractivity contribution in [3.63, 3.8) is 0 Å². The summed E-state index contributed by atoms with van der Waals surface area (Å²) in [6.45, 7) is 3.33. The maximum Gasteiger partial charge on any atom is 0.257 e. The molecule has 1 fully saturated rings. The Morgan fingerprint density at radius 1 is 1.40 bits per heavy atom. The number of aromatic amines is 1. The fourth-order valence-corrected chi connectivity index (χ4v) is 4.21. The Labute approximate surface area is 147 Å². The second kappa shape index (κ2) is 6.67. The lowest BCUT2D eigenvalue weighted by Crippen LogP contribution is -2.39. The van der Waals surface area contributed by atoms with Gasteiger partial charge < -0.3 is 14.4 Å². The van der Waals surface area contributed by atoms with Crippen LogP contribution in [0.3, 0.4) is 0 Å². The van der Waals surface area contributed by atoms with Crippen LogP contribution < -0.4 is 0 Å². The van der Waals surface area contributed by atoms with Crippen LogP contribution >= 0.6 is 0 Å². The van der Waals surface area contributed by atoms with Gasteiger partial charge in [-0.1, -0.05) is 0 Å². The van der Waals surface area contributed by atoms with E-state index in [0.717, 1.165) is 79.1 Å². The third-order valence-corrected chi connectivity index (χ3v) is 5.51. The van der Waals surface area contributed by atoms with Crippen LogP contribution in [0.1, 0.15) is 70.4 Å². The number of nitrogens with one attached hydrogen (secondary N) is 1. The Kier molecular flexibility index (Phi) is 4.37. The molecule has 2 aromatic heterocycles. The first-order valence-electron chi connectivity index (χ1n) is 9.23. The number of aliphatic hydroxyl groups is 1. The van der Waals surface area contributed by atoms with Gasteiger partial charge in [-0.05, 0) is 45.1 Å². The molecular weight excluding hydrogens is 318 g/mol. The van der Waals surface area contributed by atoms with Crippen LogP contribution in [0, 0.1) is 6.92 Å². The number of fused-ring (bicyclic) bond motifs is 1. The molecule has 0 spiro atoms. The second-order valence-electron chi connectivity index (χ2n) is 7.21. The molecular formula is C19H25N3O3. The van der Waals surface area contributed by atoms with Crippen molar-refractivity contribution in [1.82, 2.24) is 15.1 Å². The van der Waals surface area contributed by atoms with Crippen molar-refractivity contribution >= 4 is 5.91 Å². The molecule has 6 heteroatoms. The van der Waals surface area contributed by atoms with Crippen molar-refractivity contribution in [2.24, 2.45) is 0 Å². The molecule has 2 aromatic rings. The number of piperidine rings is 1. The predicted molar refractivity (Wildman–Crippen MR) is 92.5 cm³/mol. The smallest absolute Gasteiger partial charge is 0.257 e. The van der Waals surface area contributed by atoms with Crippen LogP contribution in [0.5, 0.6) is 0 Å². The van der Waals surface area contributed by atoms with Crippen molar-refractivity contribution in [3.05, 3.63) is 40.1 Å². The molecule has 0 radical (unpaired) electrons. The number of aliphatic hydroxyl groups excluding tert-OH is 1. The highest BCUT2D eigenvalue weighted by molar-refractivity contribution is 5.97. The number of H-pyrrole nitrogens is 1. The van der Waals surface area contributed by atoms with E-state index in [1.54, 1.807) is 0 Å². The predicted octanol–water partition coefficient (Wildman–Crippen LogP) is 2.70. The quantitative estimate of drug-likeness (QED) is 0.898. The van der Waals surface area contributed by atoms with Crippen molar-refractivity contribution in [3.8, 4) is 0 Å². The first-order valence-corrected chi connectivity index (χ1v) is 9.23. The van der Waals surface area contributed by atoms with Gasteiger partial charge in [-0.25, -0.2) is 0 Å². The zero-order chi connectivity index (χ0) is 17.4. The molecule has 1 amide bonds. The number of aromatic nitrogens is 2. The summed E-state index contributed by atoms with van der Waals surface area (Å²) >= 11 is 0. The molecule has 0 aromatic carbocycles. The Balaban J connectivity index is 1.55. The maximum absolute atomic E-state index is 13.2. The SMILES string of the molecule is Cc1oc2c(c1C(=O)N1CCC[C@H](c3cc(CO)[nH]n3)C1)CCCC2. The van der Waals surface area contributed by atoms with E-state index in [4.69, 9.17) is 4.42 Å². The van der Waals surface area contributed by atoms with E-state index in [1.807, 2.05) is 17.9 Å². The van der Waals surface area contributed by atoms with E-state index in [9.17, 15) is 9.90 Å². The molecule has 25 heavy (non-hydrogen) atoms. The zero-order valence-corrected chi connectivity index (χ0v) is 14.7. The molecule has 1 atom stereocenters. The van der Waals surface area contributed by atoms with E-state index in [1.165, 1.54) is 0 Å². The summed E-state index contributed by atoms with van der Waals surface area (Å²) in [5.74, 6) is 2.10. The number of furan rings is 1. The molecule has 4 rings (SSSR count). The summed E-state index contributed by atoms with van der Waals surface area (Å²) in [4.78, 5) is 15.1. The summed E-state index contributed by atoms with van der Waals surface area (Å²) in [6.07, 6.45) is 6.16. The van der Waals surface area contributed by atoms with E-state index < -0.39 is 0 Å². The molecule has 2 aliphatic rings. The topological polar surface area (TPSA) is 82.4 Å². The number of likely N-dealkylation sites (tertiary alicyclic amines) is 1. The average molecular weight is 343 g/mol. The molecule has 2 N–H and O–H groups in total. The third kappa shape index (κ3) is 2.99. The molecule has 134 valence electrons. The number of carbonyl (C=O) groups excluding carboxylic acids is 1. The number of hydrogen-bond acceptors (Lipinski definition) is 4. The fraction of sp³-hybridized carbons (Fsp3) is 0.579. The van der Waals surface area contributed by atoms with Crippen LogP contribution in [0.25, 0.3) is 0 Å². The molecule has 0 unspecified atom stereocenters. The van der Waals surface area contributed by atoms with Crippen LogP contribution in [0.15, 0.2) is 10.5 Å². The number of nitrogens with zero attached hydrogens (tertiary/aromatic N) is 2. The van der Waals surface area contributed by atoms with Gasteiger partial charge in [0.2, 0.25) is 0 Å².